The number of aromatic nitrogens is 4. The first-order valence-electron chi connectivity index (χ1n) is 7.88. The molecule has 0 bridgehead atoms. The first-order chi connectivity index (χ1) is 13.1. The van der Waals surface area contributed by atoms with E-state index >= 15 is 0 Å². The molecule has 0 fully saturated rings. The average molecular weight is 375 g/mol. The minimum atomic E-state index is -2.99. The Hall–Kier alpha value is -3.56. The minimum absolute atomic E-state index is 0.0939. The van der Waals surface area contributed by atoms with E-state index in [0.717, 1.165) is 4.80 Å². The summed E-state index contributed by atoms with van der Waals surface area (Å²) in [5.41, 5.74) is 0.121. The maximum Gasteiger partial charge on any atom is 0.387 e. The summed E-state index contributed by atoms with van der Waals surface area (Å²) in [5.74, 6) is 0.299. The van der Waals surface area contributed by atoms with Crippen LogP contribution in [-0.4, -0.2) is 32.7 Å². The quantitative estimate of drug-likeness (QED) is 0.650. The Morgan fingerprint density at radius 2 is 1.85 bits per heavy atom. The number of para-hydroxylation sites is 3. The number of carbonyl (C=O) groups excluding carboxylic acids is 1. The number of anilines is 1. The Bertz CT molecular complexity index is 889. The maximum atomic E-state index is 12.4. The van der Waals surface area contributed by atoms with Gasteiger partial charge in [-0.3, -0.25) is 4.79 Å². The zero-order valence-electron chi connectivity index (χ0n) is 14.0. The lowest BCUT2D eigenvalue weighted by atomic mass is 10.3. The Kier molecular flexibility index (Phi) is 5.87. The number of tetrazole rings is 1. The SMILES string of the molecule is O=C(Cn1nnc(COc2ccccc2)n1)Nc1ccccc1OC(F)F. The molecule has 0 saturated heterocycles. The van der Waals surface area contributed by atoms with E-state index in [-0.39, 0.29) is 24.6 Å². The lowest BCUT2D eigenvalue weighted by Gasteiger charge is -2.11. The van der Waals surface area contributed by atoms with Crippen molar-refractivity contribution in [3.05, 3.63) is 60.4 Å². The van der Waals surface area contributed by atoms with Crippen LogP contribution in [0, 0.1) is 0 Å². The van der Waals surface area contributed by atoms with Crippen LogP contribution >= 0.6 is 0 Å². The second kappa shape index (κ2) is 8.70. The highest BCUT2D eigenvalue weighted by atomic mass is 19.3. The van der Waals surface area contributed by atoms with Gasteiger partial charge in [0.1, 0.15) is 18.0 Å². The molecule has 0 saturated carbocycles. The molecule has 8 nitrogen and oxygen atoms in total. The van der Waals surface area contributed by atoms with Crippen molar-refractivity contribution in [3.63, 3.8) is 0 Å². The second-order valence-electron chi connectivity index (χ2n) is 5.26. The summed E-state index contributed by atoms with van der Waals surface area (Å²) in [6, 6.07) is 15.0. The third-order valence-electron chi connectivity index (χ3n) is 3.27. The van der Waals surface area contributed by atoms with Gasteiger partial charge in [0.15, 0.2) is 6.61 Å². The van der Waals surface area contributed by atoms with Gasteiger partial charge in [0, 0.05) is 0 Å². The van der Waals surface area contributed by atoms with Crippen molar-refractivity contribution in [2.75, 3.05) is 5.32 Å². The molecule has 0 atom stereocenters. The highest BCUT2D eigenvalue weighted by molar-refractivity contribution is 5.91. The molecule has 0 aliphatic carbocycles. The fourth-order valence-electron chi connectivity index (χ4n) is 2.15. The zero-order chi connectivity index (χ0) is 19.1. The van der Waals surface area contributed by atoms with Gasteiger partial charge in [0.05, 0.1) is 5.69 Å². The summed E-state index contributed by atoms with van der Waals surface area (Å²) in [5, 5.41) is 14.1. The van der Waals surface area contributed by atoms with Crippen LogP contribution in [0.5, 0.6) is 11.5 Å². The zero-order valence-corrected chi connectivity index (χ0v) is 14.0. The molecule has 3 aromatic rings. The predicted octanol–water partition coefficient (Wildman–Crippen LogP) is 2.49. The number of nitrogens with zero attached hydrogens (tertiary/aromatic N) is 4. The number of alkyl halides is 2. The van der Waals surface area contributed by atoms with Crippen LogP contribution in [0.2, 0.25) is 0 Å². The number of benzene rings is 2. The van der Waals surface area contributed by atoms with Gasteiger partial charge in [-0.05, 0) is 29.5 Å². The van der Waals surface area contributed by atoms with Gasteiger partial charge < -0.3 is 14.8 Å². The number of nitrogens with one attached hydrogen (secondary N) is 1. The third-order valence-corrected chi connectivity index (χ3v) is 3.27. The molecule has 0 radical (unpaired) electrons. The second-order valence-corrected chi connectivity index (χ2v) is 5.26. The Morgan fingerprint density at radius 3 is 2.63 bits per heavy atom. The number of carbonyl (C=O) groups is 1. The summed E-state index contributed by atoms with van der Waals surface area (Å²) >= 11 is 0. The number of hydrogen-bond acceptors (Lipinski definition) is 6. The molecule has 1 N–H and O–H groups in total. The number of rotatable bonds is 8. The van der Waals surface area contributed by atoms with Crippen LogP contribution in [0.15, 0.2) is 54.6 Å². The van der Waals surface area contributed by atoms with Gasteiger partial charge in [-0.2, -0.15) is 13.6 Å². The topological polar surface area (TPSA) is 91.2 Å². The van der Waals surface area contributed by atoms with Gasteiger partial charge >= 0.3 is 6.61 Å². The molecule has 1 aromatic heterocycles. The first-order valence-corrected chi connectivity index (χ1v) is 7.88. The third kappa shape index (κ3) is 5.46. The molecule has 140 valence electrons. The molecule has 0 unspecified atom stereocenters. The van der Waals surface area contributed by atoms with Gasteiger partial charge in [-0.1, -0.05) is 30.3 Å². The molecular formula is C17H15F2N5O3. The monoisotopic (exact) mass is 375 g/mol. The molecule has 0 spiro atoms. The van der Waals surface area contributed by atoms with Crippen molar-refractivity contribution in [1.82, 2.24) is 20.2 Å². The molecule has 10 heteroatoms. The van der Waals surface area contributed by atoms with E-state index in [1.165, 1.54) is 18.2 Å². The highest BCUT2D eigenvalue weighted by Crippen LogP contribution is 2.25. The predicted molar refractivity (Wildman–Crippen MR) is 90.3 cm³/mol. The standard InChI is InChI=1S/C17H15F2N5O3/c18-17(19)27-14-9-5-4-8-13(14)20-16(25)10-24-22-15(21-23-24)11-26-12-6-2-1-3-7-12/h1-9,17H,10-11H2,(H,20,25). The van der Waals surface area contributed by atoms with E-state index in [4.69, 9.17) is 4.74 Å². The number of amides is 1. The van der Waals surface area contributed by atoms with Gasteiger partial charge in [0.25, 0.3) is 0 Å². The summed E-state index contributed by atoms with van der Waals surface area (Å²) in [6.45, 7) is -3.15. The Labute approximate surface area is 152 Å². The maximum absolute atomic E-state index is 12.4. The minimum Gasteiger partial charge on any atom is -0.485 e. The largest absolute Gasteiger partial charge is 0.485 e. The summed E-state index contributed by atoms with van der Waals surface area (Å²) < 4.78 is 34.7. The molecule has 27 heavy (non-hydrogen) atoms. The van der Waals surface area contributed by atoms with Crippen LogP contribution in [0.3, 0.4) is 0 Å². The van der Waals surface area contributed by atoms with Gasteiger partial charge in [-0.25, -0.2) is 0 Å². The fourth-order valence-corrected chi connectivity index (χ4v) is 2.15. The van der Waals surface area contributed by atoms with Crippen molar-refractivity contribution in [2.24, 2.45) is 0 Å². The molecule has 0 aliphatic heterocycles. The lowest BCUT2D eigenvalue weighted by Crippen LogP contribution is -2.21. The van der Waals surface area contributed by atoms with Gasteiger partial charge in [0.2, 0.25) is 11.7 Å². The average Bonchev–Trinajstić information content (AvgIpc) is 3.09. The molecule has 0 aliphatic rings. The van der Waals surface area contributed by atoms with Crippen LogP contribution in [0.1, 0.15) is 5.82 Å². The number of halogens is 2. The summed E-state index contributed by atoms with van der Waals surface area (Å²) in [4.78, 5) is 13.2. The van der Waals surface area contributed by atoms with Gasteiger partial charge in [-0.15, -0.1) is 10.2 Å². The summed E-state index contributed by atoms with van der Waals surface area (Å²) in [6.07, 6.45) is 0. The van der Waals surface area contributed by atoms with E-state index in [0.29, 0.717) is 11.6 Å². The first kappa shape index (κ1) is 18.2. The van der Waals surface area contributed by atoms with E-state index in [9.17, 15) is 13.6 Å². The molecule has 1 amide bonds. The molecule has 3 rings (SSSR count). The van der Waals surface area contributed by atoms with E-state index < -0.39 is 12.5 Å². The highest BCUT2D eigenvalue weighted by Gasteiger charge is 2.13. The van der Waals surface area contributed by atoms with Crippen molar-refractivity contribution in [1.29, 1.82) is 0 Å². The van der Waals surface area contributed by atoms with Crippen molar-refractivity contribution in [3.8, 4) is 11.5 Å². The van der Waals surface area contributed by atoms with Crippen LogP contribution in [-0.2, 0) is 17.9 Å². The van der Waals surface area contributed by atoms with Crippen molar-refractivity contribution in [2.45, 2.75) is 19.8 Å². The van der Waals surface area contributed by atoms with E-state index in [1.54, 1.807) is 18.2 Å². The Balaban J connectivity index is 1.55. The van der Waals surface area contributed by atoms with Crippen molar-refractivity contribution < 1.29 is 23.0 Å². The van der Waals surface area contributed by atoms with Crippen LogP contribution in [0.4, 0.5) is 14.5 Å². The van der Waals surface area contributed by atoms with Crippen molar-refractivity contribution >= 4 is 11.6 Å². The summed E-state index contributed by atoms with van der Waals surface area (Å²) in [7, 11) is 0. The molecule has 1 heterocycles. The fraction of sp³-hybridized carbons (Fsp3) is 0.176. The van der Waals surface area contributed by atoms with Crippen LogP contribution < -0.4 is 14.8 Å². The smallest absolute Gasteiger partial charge is 0.387 e. The van der Waals surface area contributed by atoms with E-state index in [1.807, 2.05) is 18.2 Å². The molecular weight excluding hydrogens is 360 g/mol. The van der Waals surface area contributed by atoms with E-state index in [2.05, 4.69) is 25.5 Å². The number of hydrogen-bond donors (Lipinski definition) is 1. The Morgan fingerprint density at radius 1 is 1.11 bits per heavy atom. The molecule has 2 aromatic carbocycles. The lowest BCUT2D eigenvalue weighted by molar-refractivity contribution is -0.117. The van der Waals surface area contributed by atoms with Crippen LogP contribution in [0.25, 0.3) is 0 Å². The normalized spacial score (nSPS) is 10.6. The number of ether oxygens (including phenoxy) is 2.